The Morgan fingerprint density at radius 2 is 2.04 bits per heavy atom. The van der Waals surface area contributed by atoms with Gasteiger partial charge in [-0.2, -0.15) is 5.26 Å². The Morgan fingerprint density at radius 1 is 1.30 bits per heavy atom. The lowest BCUT2D eigenvalue weighted by Gasteiger charge is -2.14. The number of benzene rings is 2. The molecule has 2 aromatic rings. The lowest BCUT2D eigenvalue weighted by molar-refractivity contribution is -0.112. The van der Waals surface area contributed by atoms with Crippen molar-refractivity contribution in [3.63, 3.8) is 0 Å². The standard InChI is InChI=1S/C21H19IN2O3/c1-3-10-27-20-18(22)12-15(13-19(20)26-4-2)11-16(14-23)21(25)24-17-8-6-5-7-9-17/h3,5-9,11-13H,1,4,10H2,2H3,(H,24,25)/b16-11-. The SMILES string of the molecule is C=CCOc1c(I)cc(/C=C(/C#N)C(=O)Nc2ccccc2)cc1OCC. The number of hydrogen-bond donors (Lipinski definition) is 1. The maximum Gasteiger partial charge on any atom is 0.266 e. The topological polar surface area (TPSA) is 71.3 Å². The molecule has 0 bridgehead atoms. The summed E-state index contributed by atoms with van der Waals surface area (Å²) in [6, 6.07) is 14.5. The molecule has 0 spiro atoms. The summed E-state index contributed by atoms with van der Waals surface area (Å²) in [6.07, 6.45) is 3.18. The van der Waals surface area contributed by atoms with Gasteiger partial charge in [-0.05, 0) is 65.4 Å². The van der Waals surface area contributed by atoms with E-state index in [1.807, 2.05) is 37.3 Å². The van der Waals surface area contributed by atoms with Crippen molar-refractivity contribution in [2.24, 2.45) is 0 Å². The van der Waals surface area contributed by atoms with Crippen molar-refractivity contribution in [1.29, 1.82) is 5.26 Å². The summed E-state index contributed by atoms with van der Waals surface area (Å²) in [4.78, 5) is 12.4. The number of para-hydroxylation sites is 1. The predicted octanol–water partition coefficient (Wildman–Crippen LogP) is 4.80. The van der Waals surface area contributed by atoms with Gasteiger partial charge in [0.25, 0.3) is 5.91 Å². The number of hydrogen-bond acceptors (Lipinski definition) is 4. The molecule has 1 amide bonds. The van der Waals surface area contributed by atoms with Crippen LogP contribution in [0.1, 0.15) is 12.5 Å². The summed E-state index contributed by atoms with van der Waals surface area (Å²) >= 11 is 2.13. The van der Waals surface area contributed by atoms with Gasteiger partial charge in [0.15, 0.2) is 11.5 Å². The summed E-state index contributed by atoms with van der Waals surface area (Å²) in [6.45, 7) is 6.34. The van der Waals surface area contributed by atoms with E-state index in [1.54, 1.807) is 24.3 Å². The number of carbonyl (C=O) groups is 1. The molecule has 27 heavy (non-hydrogen) atoms. The molecule has 0 heterocycles. The molecule has 2 aromatic carbocycles. The summed E-state index contributed by atoms with van der Waals surface area (Å²) < 4.78 is 12.1. The fourth-order valence-corrected chi connectivity index (χ4v) is 3.03. The van der Waals surface area contributed by atoms with E-state index in [2.05, 4.69) is 34.5 Å². The molecule has 0 aliphatic rings. The van der Waals surface area contributed by atoms with Crippen LogP contribution in [0.3, 0.4) is 0 Å². The highest BCUT2D eigenvalue weighted by Gasteiger charge is 2.14. The molecule has 1 N–H and O–H groups in total. The van der Waals surface area contributed by atoms with Gasteiger partial charge in [-0.25, -0.2) is 0 Å². The van der Waals surface area contributed by atoms with Crippen LogP contribution in [0.4, 0.5) is 5.69 Å². The van der Waals surface area contributed by atoms with Crippen LogP contribution >= 0.6 is 22.6 Å². The quantitative estimate of drug-likeness (QED) is 0.258. The second-order valence-corrected chi connectivity index (χ2v) is 6.51. The summed E-state index contributed by atoms with van der Waals surface area (Å²) in [5, 5.41) is 12.1. The summed E-state index contributed by atoms with van der Waals surface area (Å²) in [7, 11) is 0. The minimum absolute atomic E-state index is 0.00291. The Kier molecular flexibility index (Phi) is 7.89. The number of carbonyl (C=O) groups excluding carboxylic acids is 1. The monoisotopic (exact) mass is 474 g/mol. The van der Waals surface area contributed by atoms with Crippen LogP contribution in [0.15, 0.2) is 60.7 Å². The molecule has 0 fully saturated rings. The first kappa shape index (κ1) is 20.5. The minimum atomic E-state index is -0.469. The molecular weight excluding hydrogens is 455 g/mol. The van der Waals surface area contributed by atoms with Gasteiger partial charge in [-0.15, -0.1) is 0 Å². The smallest absolute Gasteiger partial charge is 0.266 e. The fraction of sp³-hybridized carbons (Fsp3) is 0.143. The van der Waals surface area contributed by atoms with Crippen LogP contribution in [0.2, 0.25) is 0 Å². The molecule has 0 aromatic heterocycles. The number of halogens is 1. The summed E-state index contributed by atoms with van der Waals surface area (Å²) in [5.74, 6) is 0.698. The van der Waals surface area contributed by atoms with Crippen LogP contribution in [0.25, 0.3) is 6.08 Å². The van der Waals surface area contributed by atoms with Gasteiger partial charge in [0.2, 0.25) is 0 Å². The number of rotatable bonds is 8. The molecule has 6 heteroatoms. The van der Waals surface area contributed by atoms with Crippen LogP contribution in [0, 0.1) is 14.9 Å². The Hall–Kier alpha value is -2.79. The van der Waals surface area contributed by atoms with Gasteiger partial charge < -0.3 is 14.8 Å². The molecular formula is C21H19IN2O3. The van der Waals surface area contributed by atoms with E-state index in [0.717, 1.165) is 3.57 Å². The zero-order valence-corrected chi connectivity index (χ0v) is 17.0. The van der Waals surface area contributed by atoms with E-state index in [0.29, 0.717) is 36.0 Å². The third-order valence-electron chi connectivity index (χ3n) is 3.38. The first-order chi connectivity index (χ1) is 13.1. The van der Waals surface area contributed by atoms with Gasteiger partial charge in [-0.1, -0.05) is 30.9 Å². The van der Waals surface area contributed by atoms with Gasteiger partial charge in [0.05, 0.1) is 10.2 Å². The normalized spacial score (nSPS) is 10.6. The molecule has 0 saturated carbocycles. The van der Waals surface area contributed by atoms with E-state index in [-0.39, 0.29) is 5.57 Å². The average Bonchev–Trinajstić information content (AvgIpc) is 2.66. The van der Waals surface area contributed by atoms with Crippen molar-refractivity contribution < 1.29 is 14.3 Å². The Labute approximate surface area is 172 Å². The number of nitrogens with zero attached hydrogens (tertiary/aromatic N) is 1. The van der Waals surface area contributed by atoms with Crippen LogP contribution in [0.5, 0.6) is 11.5 Å². The minimum Gasteiger partial charge on any atom is -0.490 e. The molecule has 0 aliphatic heterocycles. The zero-order chi connectivity index (χ0) is 19.6. The lowest BCUT2D eigenvalue weighted by atomic mass is 10.1. The van der Waals surface area contributed by atoms with E-state index in [9.17, 15) is 10.1 Å². The maximum atomic E-state index is 12.4. The van der Waals surface area contributed by atoms with Crippen LogP contribution < -0.4 is 14.8 Å². The number of anilines is 1. The number of nitrogens with one attached hydrogen (secondary N) is 1. The molecule has 138 valence electrons. The molecule has 0 radical (unpaired) electrons. The molecule has 0 unspecified atom stereocenters. The van der Waals surface area contributed by atoms with Crippen LogP contribution in [-0.2, 0) is 4.79 Å². The third kappa shape index (κ3) is 5.86. The van der Waals surface area contributed by atoms with Crippen molar-refractivity contribution in [3.8, 4) is 17.6 Å². The molecule has 0 atom stereocenters. The van der Waals surface area contributed by atoms with E-state index in [4.69, 9.17) is 9.47 Å². The van der Waals surface area contributed by atoms with Crippen molar-refractivity contribution in [2.45, 2.75) is 6.92 Å². The highest BCUT2D eigenvalue weighted by atomic mass is 127. The maximum absolute atomic E-state index is 12.4. The highest BCUT2D eigenvalue weighted by molar-refractivity contribution is 14.1. The first-order valence-electron chi connectivity index (χ1n) is 8.27. The van der Waals surface area contributed by atoms with Gasteiger partial charge >= 0.3 is 0 Å². The lowest BCUT2D eigenvalue weighted by Crippen LogP contribution is -2.13. The van der Waals surface area contributed by atoms with Crippen molar-refractivity contribution >= 4 is 40.3 Å². The second kappa shape index (κ2) is 10.4. The number of amides is 1. The first-order valence-corrected chi connectivity index (χ1v) is 9.35. The van der Waals surface area contributed by atoms with Crippen LogP contribution in [-0.4, -0.2) is 19.1 Å². The van der Waals surface area contributed by atoms with Crippen molar-refractivity contribution in [2.75, 3.05) is 18.5 Å². The van der Waals surface area contributed by atoms with Gasteiger partial charge in [0, 0.05) is 5.69 Å². The van der Waals surface area contributed by atoms with E-state index < -0.39 is 5.91 Å². The molecule has 2 rings (SSSR count). The third-order valence-corrected chi connectivity index (χ3v) is 4.19. The molecule has 0 aliphatic carbocycles. The molecule has 0 saturated heterocycles. The predicted molar refractivity (Wildman–Crippen MR) is 115 cm³/mol. The number of nitriles is 1. The summed E-state index contributed by atoms with van der Waals surface area (Å²) in [5.41, 5.74) is 1.30. The Morgan fingerprint density at radius 3 is 2.67 bits per heavy atom. The Bertz CT molecular complexity index is 886. The van der Waals surface area contributed by atoms with Gasteiger partial charge in [0.1, 0.15) is 18.2 Å². The highest BCUT2D eigenvalue weighted by Crippen LogP contribution is 2.35. The van der Waals surface area contributed by atoms with E-state index in [1.165, 1.54) is 6.08 Å². The second-order valence-electron chi connectivity index (χ2n) is 5.35. The average molecular weight is 474 g/mol. The zero-order valence-electron chi connectivity index (χ0n) is 14.9. The van der Waals surface area contributed by atoms with Crippen molar-refractivity contribution in [3.05, 3.63) is 69.8 Å². The fourth-order valence-electron chi connectivity index (χ4n) is 2.25. The van der Waals surface area contributed by atoms with E-state index >= 15 is 0 Å². The number of ether oxygens (including phenoxy) is 2. The van der Waals surface area contributed by atoms with Crippen molar-refractivity contribution in [1.82, 2.24) is 0 Å². The van der Waals surface area contributed by atoms with Gasteiger partial charge in [-0.3, -0.25) is 4.79 Å². The Balaban J connectivity index is 2.32. The largest absolute Gasteiger partial charge is 0.490 e. The molecule has 5 nitrogen and oxygen atoms in total.